The zero-order valence-corrected chi connectivity index (χ0v) is 64.4. The molecule has 0 spiro atoms. The molecule has 0 unspecified atom stereocenters. The minimum absolute atomic E-state index is 0.243. The van der Waals surface area contributed by atoms with Gasteiger partial charge in [0.25, 0.3) is 10.1 Å². The Morgan fingerprint density at radius 1 is 0.347 bits per heavy atom. The minimum atomic E-state index is -4.87. The highest BCUT2D eigenvalue weighted by molar-refractivity contribution is 7.89. The Morgan fingerprint density at radius 2 is 0.610 bits per heavy atom. The molecule has 0 aromatic heterocycles. The summed E-state index contributed by atoms with van der Waals surface area (Å²) in [6.45, 7) is -8.92. The summed E-state index contributed by atoms with van der Waals surface area (Å²) in [5.41, 5.74) is 1.23. The number of fused-ring (bicyclic) bond motifs is 1. The molecule has 3 aromatic carbocycles. The van der Waals surface area contributed by atoms with Crippen LogP contribution in [0.15, 0.2) is 70.5 Å². The quantitative estimate of drug-likeness (QED) is 0.0441. The number of carbonyl (C=O) groups excluding carboxylic acids is 1. The predicted molar refractivity (Wildman–Crippen MR) is 376 cm³/mol. The maximum Gasteiger partial charge on any atom is 0.321 e. The van der Waals surface area contributed by atoms with Gasteiger partial charge in [-0.2, -0.15) is 13.1 Å². The molecule has 40 atom stereocenters. The maximum absolute atomic E-state index is 14.0. The van der Waals surface area contributed by atoms with E-state index >= 15 is 0 Å². The molecule has 3 aromatic rings. The largest absolute Gasteiger partial charge is 0.462 e. The van der Waals surface area contributed by atoms with E-state index in [-0.39, 0.29) is 10.3 Å². The van der Waals surface area contributed by atoms with Gasteiger partial charge in [-0.25, -0.2) is 8.42 Å². The minimum Gasteiger partial charge on any atom is -0.462 e. The summed E-state index contributed by atoms with van der Waals surface area (Å²) in [4.78, 5) is 14.8. The first-order chi connectivity index (χ1) is 56.0. The number of benzene rings is 3. The number of hydrogen-bond acceptors (Lipinski definition) is 46. The van der Waals surface area contributed by atoms with Gasteiger partial charge in [0.1, 0.15) is 208 Å². The Kier molecular flexibility index (Phi) is 30.6. The van der Waals surface area contributed by atoms with E-state index in [4.69, 9.17) is 84.7 Å². The third kappa shape index (κ3) is 19.2. The average Bonchev–Trinajstić information content (AvgIpc) is 0.762. The Morgan fingerprint density at radius 3 is 0.898 bits per heavy atom. The molecule has 30 aliphatic rings. The molecule has 47 nitrogen and oxygen atoms in total. The molecule has 33 rings (SSSR count). The molecule has 30 heterocycles. The van der Waals surface area contributed by atoms with Crippen molar-refractivity contribution in [3.05, 3.63) is 66.2 Å². The van der Waals surface area contributed by atoms with Gasteiger partial charge in [0, 0.05) is 30.6 Å². The number of ether oxygens (including phenoxy) is 17. The molecule has 16 bridgehead atoms. The monoisotopic (exact) mass is 1740 g/mol. The third-order valence-electron chi connectivity index (χ3n) is 21.7. The number of esters is 1. The summed E-state index contributed by atoms with van der Waals surface area (Å²) in [7, 11) is -6.02. The fourth-order valence-electron chi connectivity index (χ4n) is 15.2. The van der Waals surface area contributed by atoms with Crippen LogP contribution in [0.1, 0.15) is 5.56 Å². The van der Waals surface area contributed by atoms with Crippen molar-refractivity contribution in [3.8, 4) is 0 Å². The van der Waals surface area contributed by atoms with Crippen molar-refractivity contribution >= 4 is 42.6 Å². The summed E-state index contributed by atoms with van der Waals surface area (Å²) < 4.78 is 162. The number of nitrogens with zero attached hydrogens (tertiary/aromatic N) is 1. The van der Waals surface area contributed by atoms with Gasteiger partial charge in [-0.15, -0.1) is 0 Å². The van der Waals surface area contributed by atoms with Crippen LogP contribution in [-0.4, -0.2) is 454 Å². The van der Waals surface area contributed by atoms with Gasteiger partial charge in [-0.05, 0) is 31.2 Å². The van der Waals surface area contributed by atoms with Crippen LogP contribution in [0, 0.1) is 6.92 Å². The van der Waals surface area contributed by atoms with E-state index < -0.39 is 336 Å². The lowest BCUT2D eigenvalue weighted by atomic mass is 9.94. The van der Waals surface area contributed by atoms with E-state index in [0.717, 1.165) is 12.1 Å². The fourth-order valence-corrected chi connectivity index (χ4v) is 17.3. The molecule has 23 N–H and O–H groups in total. The van der Waals surface area contributed by atoms with E-state index in [1.807, 2.05) is 0 Å². The van der Waals surface area contributed by atoms with Gasteiger partial charge in [-0.3, -0.25) is 8.98 Å². The maximum atomic E-state index is 14.0. The number of aryl methyl sites for hydroxylation is 1. The SMILES string of the molecule is Cc1ccc(S(=O)(=O)OC[C@H]2O[C@@H]3O[C@H]4[C@H](O)[C@@H](O)[C@@H](O[C@H]5[C@H](O)[C@@H](O)[C@@H](O[C@H]6[C@H](O)[C@@H](O)[C@@H](O[C@H]7[C@H](O)[C@@H](O)[C@@H](O[C@H]8[C@H](O)[C@@H](O)[C@@H](O[C@H]9[C@H](O)[C@@H](O)[C@@H](O[C@H]%10[C@H](O)[C@@H](O)[C@@H](O[C@H]2[C@H](O)[C@H]3O)O[C@@H]%10CO)O[C@@H]9CO)O[C@@H]8CO)O[C@@H]7CO)O[C@@H]6CO)O[C@@H]5CO)O[C@@H]4COC(=O)CNS(=O)(=O)c2cccc3c(N(C)C)cccc23)cc1. The zero-order chi connectivity index (χ0) is 85.6. The Balaban J connectivity index is 0.854. The summed E-state index contributed by atoms with van der Waals surface area (Å²) in [5.74, 6) is -1.38. The normalized spacial score (nSPS) is 44.5. The number of aliphatic hydroxyl groups is 22. The molecule has 30 fully saturated rings. The second kappa shape index (κ2) is 38.9. The third-order valence-corrected chi connectivity index (χ3v) is 24.4. The molecular formula is C69H100N2O45S2. The number of aliphatic hydroxyl groups excluding tert-OH is 22. The van der Waals surface area contributed by atoms with Crippen LogP contribution in [0.2, 0.25) is 0 Å². The Bertz CT molecular complexity index is 3990. The molecular weight excluding hydrogens is 1640 g/mol. The lowest BCUT2D eigenvalue weighted by Crippen LogP contribution is -2.69. The average molecular weight is 1740 g/mol. The molecule has 118 heavy (non-hydrogen) atoms. The predicted octanol–water partition coefficient (Wildman–Crippen LogP) is -13.9. The number of hydrogen-bond donors (Lipinski definition) is 23. The lowest BCUT2D eigenvalue weighted by molar-refractivity contribution is -0.404. The molecule has 0 saturated carbocycles. The molecule has 30 saturated heterocycles. The smallest absolute Gasteiger partial charge is 0.321 e. The summed E-state index contributed by atoms with van der Waals surface area (Å²) in [6.07, 6.45) is -88.4. The summed E-state index contributed by atoms with van der Waals surface area (Å²) >= 11 is 0. The van der Waals surface area contributed by atoms with Crippen molar-refractivity contribution < 1.29 is 219 Å². The molecule has 49 heteroatoms. The van der Waals surface area contributed by atoms with Gasteiger partial charge in [0.05, 0.1) is 56.0 Å². The van der Waals surface area contributed by atoms with Crippen LogP contribution in [0.25, 0.3) is 10.8 Å². The van der Waals surface area contributed by atoms with Gasteiger partial charge < -0.3 is 198 Å². The topological polar surface area (TPSA) is 712 Å². The molecule has 0 radical (unpaired) electrons. The van der Waals surface area contributed by atoms with E-state index in [1.54, 1.807) is 44.1 Å². The highest BCUT2D eigenvalue weighted by Crippen LogP contribution is 2.41. The number of carbonyl (C=O) groups is 1. The number of rotatable bonds is 17. The van der Waals surface area contributed by atoms with Gasteiger partial charge in [-0.1, -0.05) is 42.0 Å². The molecule has 0 aliphatic carbocycles. The van der Waals surface area contributed by atoms with Crippen LogP contribution < -0.4 is 9.62 Å². The molecule has 0 amide bonds. The van der Waals surface area contributed by atoms with Crippen molar-refractivity contribution in [3.63, 3.8) is 0 Å². The van der Waals surface area contributed by atoms with E-state index in [2.05, 4.69) is 4.72 Å². The van der Waals surface area contributed by atoms with Gasteiger partial charge in [0.15, 0.2) is 50.3 Å². The zero-order valence-electron chi connectivity index (χ0n) is 62.7. The fraction of sp³-hybridized carbons (Fsp3) is 0.754. The number of sulfonamides is 1. The van der Waals surface area contributed by atoms with Crippen molar-refractivity contribution in [1.82, 2.24) is 4.72 Å². The van der Waals surface area contributed by atoms with Crippen molar-refractivity contribution in [2.75, 3.05) is 78.4 Å². The van der Waals surface area contributed by atoms with E-state index in [9.17, 15) is 134 Å². The van der Waals surface area contributed by atoms with Crippen LogP contribution in [0.5, 0.6) is 0 Å². The second-order valence-corrected chi connectivity index (χ2v) is 33.0. The van der Waals surface area contributed by atoms with Crippen molar-refractivity contribution in [1.29, 1.82) is 0 Å². The Labute approximate surface area is 670 Å². The first-order valence-electron chi connectivity index (χ1n) is 37.3. The standard InChI is InChI=1S/C69H100N2O45S2/c1-23-10-12-24(13-11-23)118(97,98)100-22-35-61-45(86)53(94)69(108-35)115-60-34(21-99-37(78)14-70-117(95,96)36-9-5-6-25-26(36)7-4-8-27(25)71(2)3)107-68(52(93)44(60)85)114-59-33(20-77)105-66(50(91)42(59)83)112-57-31(18-75)103-64(48(89)40(57)81)110-55-29(16-73)101-62(46(87)38(55)79)109-54-28(15-72)102-63(47(88)39(54)80)111-56-30(17-74)104-65(49(90)41(56)82)113-58-32(19-76)106-67(116-61)51(92)43(58)84/h4-13,28-35,38-70,72-77,79-94H,14-22H2,1-3H3/t28-,29-,30-,31-,32-,33-,34-,35-,38-,39-,40-,41-,42-,43-,44-,45-,46-,47-,48-,49-,50-,51-,52-,53-,54-,55-,56-,57-,58-,59-,60-,61-,62-,63-,64-,65-,66-,67-,68-,69-/m1/s1. The first kappa shape index (κ1) is 92.7. The number of anilines is 1. The Hall–Kier alpha value is -4.51. The van der Waals surface area contributed by atoms with Crippen molar-refractivity contribution in [2.45, 2.75) is 262 Å². The van der Waals surface area contributed by atoms with Gasteiger partial charge in [0.2, 0.25) is 10.0 Å². The highest BCUT2D eigenvalue weighted by atomic mass is 32.2. The van der Waals surface area contributed by atoms with Crippen LogP contribution in [0.3, 0.4) is 0 Å². The first-order valence-corrected chi connectivity index (χ1v) is 40.2. The van der Waals surface area contributed by atoms with E-state index in [1.165, 1.54) is 30.3 Å². The van der Waals surface area contributed by atoms with E-state index in [0.29, 0.717) is 16.6 Å². The molecule has 30 aliphatic heterocycles. The lowest BCUT2D eigenvalue weighted by Gasteiger charge is -2.50. The summed E-state index contributed by atoms with van der Waals surface area (Å²) in [5, 5.41) is 253. The van der Waals surface area contributed by atoms with Crippen LogP contribution in [0.4, 0.5) is 5.69 Å². The van der Waals surface area contributed by atoms with Crippen LogP contribution >= 0.6 is 0 Å². The highest BCUT2D eigenvalue weighted by Gasteiger charge is 2.61. The summed E-state index contributed by atoms with van der Waals surface area (Å²) in [6, 6.07) is 14.3. The van der Waals surface area contributed by atoms with Gasteiger partial charge >= 0.3 is 5.97 Å². The van der Waals surface area contributed by atoms with Crippen LogP contribution in [-0.2, 0) is 110 Å². The molecule has 668 valence electrons. The second-order valence-electron chi connectivity index (χ2n) is 29.7. The van der Waals surface area contributed by atoms with Crippen molar-refractivity contribution in [2.24, 2.45) is 0 Å². The number of nitrogens with one attached hydrogen (secondary N) is 1.